The number of fused-ring (bicyclic) bond motifs is 3. The van der Waals surface area contributed by atoms with Crippen LogP contribution in [-0.2, 0) is 4.74 Å². The van der Waals surface area contributed by atoms with Crippen molar-refractivity contribution in [1.82, 2.24) is 5.01 Å². The maximum Gasteiger partial charge on any atom is 0.293 e. The maximum atomic E-state index is 14.3. The topological polar surface area (TPSA) is 125 Å². The Morgan fingerprint density at radius 2 is 1.64 bits per heavy atom. The average molecular weight is 611 g/mol. The van der Waals surface area contributed by atoms with E-state index < -0.39 is 16.9 Å². The first kappa shape index (κ1) is 27.4. The van der Waals surface area contributed by atoms with Gasteiger partial charge < -0.3 is 28.6 Å². The average Bonchev–Trinajstić information content (AvgIpc) is 3.83. The number of hydrogen-bond donors (Lipinski definition) is 0. The van der Waals surface area contributed by atoms with Crippen LogP contribution in [0, 0.1) is 16.0 Å². The molecule has 1 saturated heterocycles. The van der Waals surface area contributed by atoms with E-state index in [9.17, 15) is 14.9 Å². The maximum absolute atomic E-state index is 14.3. The van der Waals surface area contributed by atoms with E-state index in [1.54, 1.807) is 12.1 Å². The van der Waals surface area contributed by atoms with Crippen molar-refractivity contribution in [3.05, 3.63) is 87.0 Å². The minimum atomic E-state index is -0.432. The normalized spacial score (nSPS) is 22.4. The lowest BCUT2D eigenvalue weighted by atomic mass is 9.77. The first-order chi connectivity index (χ1) is 22.0. The van der Waals surface area contributed by atoms with Crippen molar-refractivity contribution in [2.24, 2.45) is 11.0 Å². The minimum Gasteiger partial charge on any atom is -0.454 e. The number of carbonyl (C=O) groups is 1. The van der Waals surface area contributed by atoms with E-state index in [0.717, 1.165) is 41.7 Å². The fraction of sp³-hybridized carbons (Fsp3) is 0.333. The number of hydrogen-bond acceptors (Lipinski definition) is 10. The Morgan fingerprint density at radius 3 is 2.42 bits per heavy atom. The molecule has 0 radical (unpaired) electrons. The molecule has 12 heteroatoms. The molecule has 3 aromatic carbocycles. The van der Waals surface area contributed by atoms with E-state index in [1.807, 2.05) is 41.3 Å². The molecular formula is C33H30N4O8. The number of nitro groups is 1. The Bertz CT molecular complexity index is 1770. The second kappa shape index (κ2) is 11.1. The largest absolute Gasteiger partial charge is 0.454 e. The van der Waals surface area contributed by atoms with Crippen molar-refractivity contribution >= 4 is 29.1 Å². The molecule has 3 aromatic rings. The SMILES string of the molecule is O=C(c1ccc(N2CCOCC2)c([N+](=O)[O-])c1)N1N=C2/C(=C\c3ccc4c(c3)OCO4)CCCC2C1c1ccc2c(c1)OCO2. The van der Waals surface area contributed by atoms with Crippen LogP contribution in [0.4, 0.5) is 11.4 Å². The molecule has 0 bridgehead atoms. The number of anilines is 1. The molecule has 230 valence electrons. The van der Waals surface area contributed by atoms with Crippen molar-refractivity contribution < 1.29 is 33.4 Å². The van der Waals surface area contributed by atoms with Gasteiger partial charge in [-0.1, -0.05) is 12.1 Å². The molecule has 2 atom stereocenters. The van der Waals surface area contributed by atoms with Crippen LogP contribution in [0.25, 0.3) is 6.08 Å². The van der Waals surface area contributed by atoms with Crippen LogP contribution < -0.4 is 23.8 Å². The zero-order valence-corrected chi connectivity index (χ0v) is 24.3. The Hall–Kier alpha value is -5.10. The number of nitrogens with zero attached hydrogens (tertiary/aromatic N) is 4. The van der Waals surface area contributed by atoms with Gasteiger partial charge in [-0.3, -0.25) is 14.9 Å². The van der Waals surface area contributed by atoms with E-state index >= 15 is 0 Å². The van der Waals surface area contributed by atoms with Gasteiger partial charge in [0.25, 0.3) is 11.6 Å². The Kier molecular flexibility index (Phi) is 6.78. The van der Waals surface area contributed by atoms with Crippen LogP contribution in [0.15, 0.2) is 65.3 Å². The van der Waals surface area contributed by atoms with Gasteiger partial charge in [0, 0.05) is 30.6 Å². The third-order valence-electron chi connectivity index (χ3n) is 8.96. The third-order valence-corrected chi connectivity index (χ3v) is 8.96. The summed E-state index contributed by atoms with van der Waals surface area (Å²) in [5.74, 6) is 2.19. The highest BCUT2D eigenvalue weighted by atomic mass is 16.7. The molecule has 8 rings (SSSR count). The number of nitro benzene ring substituents is 1. The van der Waals surface area contributed by atoms with Gasteiger partial charge in [-0.25, -0.2) is 5.01 Å². The van der Waals surface area contributed by atoms with Crippen LogP contribution in [0.2, 0.25) is 0 Å². The second-order valence-electron chi connectivity index (χ2n) is 11.5. The third kappa shape index (κ3) is 4.91. The summed E-state index contributed by atoms with van der Waals surface area (Å²) in [5.41, 5.74) is 4.26. The highest BCUT2D eigenvalue weighted by Gasteiger charge is 2.44. The smallest absolute Gasteiger partial charge is 0.293 e. The first-order valence-corrected chi connectivity index (χ1v) is 15.1. The fourth-order valence-corrected chi connectivity index (χ4v) is 6.81. The Balaban J connectivity index is 1.19. The summed E-state index contributed by atoms with van der Waals surface area (Å²) in [6.45, 7) is 2.40. The molecule has 1 amide bonds. The van der Waals surface area contributed by atoms with Gasteiger partial charge in [-0.15, -0.1) is 0 Å². The van der Waals surface area contributed by atoms with Crippen LogP contribution in [-0.4, -0.2) is 61.4 Å². The molecule has 4 aliphatic heterocycles. The van der Waals surface area contributed by atoms with Crippen molar-refractivity contribution in [3.63, 3.8) is 0 Å². The van der Waals surface area contributed by atoms with Crippen LogP contribution in [0.1, 0.15) is 46.8 Å². The summed E-state index contributed by atoms with van der Waals surface area (Å²) >= 11 is 0. The predicted molar refractivity (Wildman–Crippen MR) is 163 cm³/mol. The number of carbonyl (C=O) groups excluding carboxylic acids is 1. The summed E-state index contributed by atoms with van der Waals surface area (Å²) < 4.78 is 27.7. The standard InChI is InChI=1S/C33H30N4O8/c38-33(23-5-7-25(26(16-23)37(39)40)35-10-12-41-13-11-35)36-32(22-6-9-28-30(17-22)45-19-43-28)24-3-1-2-21(31(24)34-36)14-20-4-8-27-29(15-20)44-18-42-27/h4-9,14-17,24,32H,1-3,10-13,18-19H2/b21-14-. The molecule has 2 fully saturated rings. The molecular weight excluding hydrogens is 580 g/mol. The fourth-order valence-electron chi connectivity index (χ4n) is 6.81. The lowest BCUT2D eigenvalue weighted by molar-refractivity contribution is -0.384. The van der Waals surface area contributed by atoms with Gasteiger partial charge in [-0.05, 0) is 78.4 Å². The van der Waals surface area contributed by atoms with E-state index in [0.29, 0.717) is 55.0 Å². The quantitative estimate of drug-likeness (QED) is 0.279. The predicted octanol–water partition coefficient (Wildman–Crippen LogP) is 5.33. The number of hydrazone groups is 1. The van der Waals surface area contributed by atoms with E-state index in [2.05, 4.69) is 6.08 Å². The monoisotopic (exact) mass is 610 g/mol. The number of benzene rings is 3. The number of rotatable bonds is 5. The molecule has 4 heterocycles. The van der Waals surface area contributed by atoms with Crippen molar-refractivity contribution in [1.29, 1.82) is 0 Å². The molecule has 1 aliphatic carbocycles. The van der Waals surface area contributed by atoms with Gasteiger partial charge >= 0.3 is 0 Å². The van der Waals surface area contributed by atoms with Crippen LogP contribution >= 0.6 is 0 Å². The molecule has 1 saturated carbocycles. The number of ether oxygens (including phenoxy) is 5. The zero-order chi connectivity index (χ0) is 30.5. The van der Waals surface area contributed by atoms with Gasteiger partial charge in [0.15, 0.2) is 23.0 Å². The molecule has 2 unspecified atom stereocenters. The minimum absolute atomic E-state index is 0.0778. The van der Waals surface area contributed by atoms with E-state index in [4.69, 9.17) is 28.8 Å². The highest BCUT2D eigenvalue weighted by Crippen LogP contribution is 2.47. The van der Waals surface area contributed by atoms with E-state index in [1.165, 1.54) is 11.1 Å². The Morgan fingerprint density at radius 1 is 0.911 bits per heavy atom. The molecule has 45 heavy (non-hydrogen) atoms. The number of allylic oxidation sites excluding steroid dienone is 1. The first-order valence-electron chi connectivity index (χ1n) is 15.1. The molecule has 0 spiro atoms. The lowest BCUT2D eigenvalue weighted by Crippen LogP contribution is -2.36. The molecule has 0 aromatic heterocycles. The van der Waals surface area contributed by atoms with Crippen molar-refractivity contribution in [2.45, 2.75) is 25.3 Å². The highest BCUT2D eigenvalue weighted by molar-refractivity contribution is 6.09. The van der Waals surface area contributed by atoms with E-state index in [-0.39, 0.29) is 30.8 Å². The van der Waals surface area contributed by atoms with Gasteiger partial charge in [0.2, 0.25) is 13.6 Å². The van der Waals surface area contributed by atoms with Crippen LogP contribution in [0.5, 0.6) is 23.0 Å². The van der Waals surface area contributed by atoms with Crippen molar-refractivity contribution in [2.75, 3.05) is 44.8 Å². The van der Waals surface area contributed by atoms with Crippen molar-refractivity contribution in [3.8, 4) is 23.0 Å². The van der Waals surface area contributed by atoms with Gasteiger partial charge in [0.1, 0.15) is 5.69 Å². The summed E-state index contributed by atoms with van der Waals surface area (Å²) in [5, 5.41) is 18.7. The van der Waals surface area contributed by atoms with Gasteiger partial charge in [-0.2, -0.15) is 5.10 Å². The van der Waals surface area contributed by atoms with Crippen LogP contribution in [0.3, 0.4) is 0 Å². The summed E-state index contributed by atoms with van der Waals surface area (Å²) in [6.07, 6.45) is 4.65. The summed E-state index contributed by atoms with van der Waals surface area (Å²) in [4.78, 5) is 28.0. The van der Waals surface area contributed by atoms with Gasteiger partial charge in [0.05, 0.1) is 29.9 Å². The number of amides is 1. The number of morpholine rings is 1. The molecule has 0 N–H and O–H groups in total. The molecule has 12 nitrogen and oxygen atoms in total. The summed E-state index contributed by atoms with van der Waals surface area (Å²) in [7, 11) is 0. The zero-order valence-electron chi connectivity index (χ0n) is 24.3. The Labute approximate surface area is 258 Å². The second-order valence-corrected chi connectivity index (χ2v) is 11.5. The summed E-state index contributed by atoms with van der Waals surface area (Å²) in [6, 6.07) is 15.8. The molecule has 5 aliphatic rings. The lowest BCUT2D eigenvalue weighted by Gasteiger charge is -2.30.